The molecule has 0 spiro atoms. The summed E-state index contributed by atoms with van der Waals surface area (Å²) in [5.74, 6) is 0.0202. The second-order valence-electron chi connectivity index (χ2n) is 10.6. The first-order valence-corrected chi connectivity index (χ1v) is 14.7. The highest BCUT2D eigenvalue weighted by atomic mass is 35.5. The molecule has 1 unspecified atom stereocenters. The van der Waals surface area contributed by atoms with Gasteiger partial charge >= 0.3 is 6.18 Å². The van der Waals surface area contributed by atoms with Gasteiger partial charge in [0, 0.05) is 30.8 Å². The van der Waals surface area contributed by atoms with Crippen molar-refractivity contribution in [3.63, 3.8) is 0 Å². The lowest BCUT2D eigenvalue weighted by molar-refractivity contribution is -0.162. The molecule has 0 radical (unpaired) electrons. The minimum atomic E-state index is -4.63. The summed E-state index contributed by atoms with van der Waals surface area (Å²) in [5.41, 5.74) is 1.91. The zero-order chi connectivity index (χ0) is 29.0. The fraction of sp³-hybridized carbons (Fsp3) is 0.517. The molecule has 1 aromatic heterocycles. The van der Waals surface area contributed by atoms with Crippen LogP contribution < -0.4 is 10.6 Å². The predicted molar refractivity (Wildman–Crippen MR) is 151 cm³/mol. The number of thiophene rings is 1. The van der Waals surface area contributed by atoms with Crippen molar-refractivity contribution < 1.29 is 32.6 Å². The second kappa shape index (κ2) is 13.1. The minimum absolute atomic E-state index is 0.0393. The molecule has 0 saturated heterocycles. The summed E-state index contributed by atoms with van der Waals surface area (Å²) in [6, 6.07) is 2.32. The van der Waals surface area contributed by atoms with Crippen molar-refractivity contribution in [1.29, 1.82) is 0 Å². The van der Waals surface area contributed by atoms with Crippen molar-refractivity contribution in [3.05, 3.63) is 56.3 Å². The number of hydrogen-bond acceptors (Lipinski definition) is 6. The third-order valence-electron chi connectivity index (χ3n) is 7.71. The smallest absolute Gasteiger partial charge is 0.386 e. The zero-order valence-electron chi connectivity index (χ0n) is 22.4. The van der Waals surface area contributed by atoms with Crippen LogP contribution in [-0.2, 0) is 33.3 Å². The maximum atomic E-state index is 13.5. The Morgan fingerprint density at radius 3 is 2.62 bits per heavy atom. The number of amides is 1. The molecule has 1 fully saturated rings. The molecule has 1 saturated carbocycles. The number of aliphatic hydroxyl groups is 1. The highest BCUT2D eigenvalue weighted by Gasteiger charge is 2.35. The molecule has 1 aliphatic heterocycles. The van der Waals surface area contributed by atoms with E-state index in [4.69, 9.17) is 16.3 Å². The summed E-state index contributed by atoms with van der Waals surface area (Å²) in [6.07, 6.45) is 0.281. The third-order valence-corrected chi connectivity index (χ3v) is 8.80. The molecular formula is C29H34ClF3N2O4S. The van der Waals surface area contributed by atoms with E-state index in [-0.39, 0.29) is 40.4 Å². The topological polar surface area (TPSA) is 87.7 Å². The molecule has 4 rings (SSSR count). The number of rotatable bonds is 9. The Morgan fingerprint density at radius 2 is 1.98 bits per heavy atom. The molecule has 2 atom stereocenters. The average Bonchev–Trinajstić information content (AvgIpc) is 3.27. The summed E-state index contributed by atoms with van der Waals surface area (Å²) in [5, 5.41) is 20.0. The van der Waals surface area contributed by atoms with E-state index in [0.29, 0.717) is 12.8 Å². The predicted octanol–water partition coefficient (Wildman–Crippen LogP) is 7.00. The van der Waals surface area contributed by atoms with Gasteiger partial charge < -0.3 is 20.5 Å². The number of ketones is 1. The number of nitrogens with one attached hydrogen (secondary N) is 2. The number of hydrogen-bond donors (Lipinski definition) is 3. The van der Waals surface area contributed by atoms with Gasteiger partial charge in [-0.3, -0.25) is 9.59 Å². The van der Waals surface area contributed by atoms with Crippen LogP contribution in [0.1, 0.15) is 62.1 Å². The molecule has 2 aliphatic rings. The number of anilines is 2. The Kier molecular flexibility index (Phi) is 9.98. The fourth-order valence-electron chi connectivity index (χ4n) is 5.54. The molecule has 40 heavy (non-hydrogen) atoms. The molecule has 1 aliphatic carbocycles. The van der Waals surface area contributed by atoms with Gasteiger partial charge in [0.25, 0.3) is 5.91 Å². The Bertz CT molecular complexity index is 1250. The number of carbonyl (C=O) groups excluding carboxylic acids is 2. The van der Waals surface area contributed by atoms with Crippen LogP contribution in [0.3, 0.4) is 0 Å². The Morgan fingerprint density at radius 1 is 1.25 bits per heavy atom. The highest BCUT2D eigenvalue weighted by molar-refractivity contribution is 7.08. The van der Waals surface area contributed by atoms with E-state index in [0.717, 1.165) is 49.4 Å². The third kappa shape index (κ3) is 7.66. The summed E-state index contributed by atoms with van der Waals surface area (Å²) >= 11 is 7.66. The number of halogens is 4. The first-order valence-electron chi connectivity index (χ1n) is 13.4. The molecule has 11 heteroatoms. The van der Waals surface area contributed by atoms with Crippen molar-refractivity contribution >= 4 is 46.0 Å². The number of aliphatic hydroxyl groups excluding tert-OH is 1. The van der Waals surface area contributed by atoms with E-state index in [1.54, 1.807) is 11.3 Å². The van der Waals surface area contributed by atoms with E-state index in [1.807, 2.05) is 5.38 Å². The van der Waals surface area contributed by atoms with Gasteiger partial charge in [-0.1, -0.05) is 17.7 Å². The number of fused-ring (bicyclic) bond motifs is 1. The standard InChI is InChI=1S/C29H34ClF3N2O4S/c1-16(36)25(12-19-10-22(29(31,32)33)27(34-2)23(30)11-19)39-26(37)13-18-5-3-17(4-6-18)9-20-7-8-21-14-40-15-24(21)35-28(20)38/h9-11,14-15,17-18,25-26,34,37H,3-8,12-13H2,1-2H3,(H,35,38)/b20-9-/t17?,18?,25-,26?/m1/s1. The molecule has 218 valence electrons. The van der Waals surface area contributed by atoms with Gasteiger partial charge in [-0.15, -0.1) is 11.3 Å². The number of carbonyl (C=O) groups is 2. The van der Waals surface area contributed by atoms with Gasteiger partial charge in [-0.05, 0) is 85.9 Å². The second-order valence-corrected chi connectivity index (χ2v) is 11.8. The molecule has 2 aromatic rings. The molecule has 0 bridgehead atoms. The van der Waals surface area contributed by atoms with Gasteiger partial charge in [0.15, 0.2) is 12.1 Å². The molecule has 3 N–H and O–H groups in total. The molecule has 1 amide bonds. The molecule has 1 aromatic carbocycles. The van der Waals surface area contributed by atoms with Crippen LogP contribution in [0.15, 0.2) is 34.5 Å². The van der Waals surface area contributed by atoms with Crippen LogP contribution in [0.25, 0.3) is 0 Å². The monoisotopic (exact) mass is 598 g/mol. The first kappa shape index (κ1) is 30.6. The van der Waals surface area contributed by atoms with Crippen LogP contribution in [0.5, 0.6) is 0 Å². The van der Waals surface area contributed by atoms with E-state index in [9.17, 15) is 27.9 Å². The maximum absolute atomic E-state index is 13.5. The molecule has 6 nitrogen and oxygen atoms in total. The fourth-order valence-corrected chi connectivity index (χ4v) is 6.70. The van der Waals surface area contributed by atoms with Crippen LogP contribution in [0.4, 0.5) is 24.5 Å². The summed E-state index contributed by atoms with van der Waals surface area (Å²) in [7, 11) is 1.35. The largest absolute Gasteiger partial charge is 0.418 e. The van der Waals surface area contributed by atoms with E-state index < -0.39 is 29.9 Å². The lowest BCUT2D eigenvalue weighted by Crippen LogP contribution is -2.32. The molecular weight excluding hydrogens is 565 g/mol. The van der Waals surface area contributed by atoms with Crippen LogP contribution >= 0.6 is 22.9 Å². The number of ether oxygens (including phenoxy) is 1. The number of aryl methyl sites for hydroxylation is 1. The van der Waals surface area contributed by atoms with Crippen molar-refractivity contribution in [2.24, 2.45) is 11.8 Å². The Labute approximate surface area is 240 Å². The van der Waals surface area contributed by atoms with Crippen LogP contribution in [0, 0.1) is 11.8 Å². The summed E-state index contributed by atoms with van der Waals surface area (Å²) in [4.78, 5) is 24.9. The van der Waals surface area contributed by atoms with E-state index in [2.05, 4.69) is 22.1 Å². The van der Waals surface area contributed by atoms with Gasteiger partial charge in [-0.25, -0.2) is 0 Å². The van der Waals surface area contributed by atoms with Gasteiger partial charge in [0.2, 0.25) is 0 Å². The van der Waals surface area contributed by atoms with Crippen molar-refractivity contribution in [1.82, 2.24) is 0 Å². The lowest BCUT2D eigenvalue weighted by Gasteiger charge is -2.29. The Hall–Kier alpha value is -2.40. The number of alkyl halides is 3. The van der Waals surface area contributed by atoms with Crippen LogP contribution in [-0.4, -0.2) is 36.2 Å². The van der Waals surface area contributed by atoms with Crippen molar-refractivity contribution in [2.75, 3.05) is 17.7 Å². The summed E-state index contributed by atoms with van der Waals surface area (Å²) < 4.78 is 46.3. The van der Waals surface area contributed by atoms with E-state index >= 15 is 0 Å². The first-order chi connectivity index (χ1) is 18.9. The maximum Gasteiger partial charge on any atom is 0.418 e. The van der Waals surface area contributed by atoms with Gasteiger partial charge in [-0.2, -0.15) is 13.2 Å². The molecule has 2 heterocycles. The van der Waals surface area contributed by atoms with Crippen LogP contribution in [0.2, 0.25) is 5.02 Å². The van der Waals surface area contributed by atoms with Crippen molar-refractivity contribution in [3.8, 4) is 0 Å². The van der Waals surface area contributed by atoms with Crippen molar-refractivity contribution in [2.45, 2.75) is 76.9 Å². The minimum Gasteiger partial charge on any atom is -0.386 e. The number of Topliss-reactive ketones (excluding diaryl/α,β-unsaturated/α-hetero) is 1. The van der Waals surface area contributed by atoms with Gasteiger partial charge in [0.05, 0.1) is 22.0 Å². The number of benzene rings is 1. The zero-order valence-corrected chi connectivity index (χ0v) is 24.0. The lowest BCUT2D eigenvalue weighted by atomic mass is 9.79. The van der Waals surface area contributed by atoms with E-state index in [1.165, 1.54) is 25.6 Å². The highest BCUT2D eigenvalue weighted by Crippen LogP contribution is 2.40. The Balaban J connectivity index is 1.31. The normalized spacial score (nSPS) is 22.3. The quantitative estimate of drug-likeness (QED) is 0.214. The average molecular weight is 599 g/mol. The summed E-state index contributed by atoms with van der Waals surface area (Å²) in [6.45, 7) is 1.28. The van der Waals surface area contributed by atoms with Gasteiger partial charge in [0.1, 0.15) is 6.10 Å². The number of allylic oxidation sites excluding steroid dienone is 1. The SMILES string of the molecule is CNc1c(Cl)cc(C[C@@H](OC(O)CC2CCC(/C=C3/CCc4cscc4NC3=O)CC2)C(C)=O)cc1C(F)(F)F.